The van der Waals surface area contributed by atoms with Crippen LogP contribution in [0.5, 0.6) is 5.75 Å². The lowest BCUT2D eigenvalue weighted by Crippen LogP contribution is -2.42. The van der Waals surface area contributed by atoms with Gasteiger partial charge in [-0.1, -0.05) is 51.1 Å². The minimum Gasteiger partial charge on any atom is -0.426 e. The Labute approximate surface area is 142 Å². The molecule has 2 aliphatic rings. The van der Waals surface area contributed by atoms with E-state index in [1.165, 1.54) is 0 Å². The topological polar surface area (TPSA) is 43.4 Å². The second-order valence-corrected chi connectivity index (χ2v) is 8.04. The van der Waals surface area contributed by atoms with Crippen LogP contribution in [0.4, 0.5) is 0 Å². The molecule has 2 aliphatic carbocycles. The molecule has 0 unspecified atom stereocenters. The number of carbonyl (C=O) groups is 2. The van der Waals surface area contributed by atoms with Gasteiger partial charge in [0.15, 0.2) is 0 Å². The van der Waals surface area contributed by atoms with Gasteiger partial charge in [-0.05, 0) is 41.2 Å². The largest absolute Gasteiger partial charge is 0.426 e. The molecule has 0 radical (unpaired) electrons. The Morgan fingerprint density at radius 1 is 1.00 bits per heavy atom. The number of ketones is 1. The van der Waals surface area contributed by atoms with E-state index in [0.717, 1.165) is 23.6 Å². The first-order valence-corrected chi connectivity index (χ1v) is 8.55. The molecule has 0 aliphatic heterocycles. The van der Waals surface area contributed by atoms with Crippen LogP contribution in [0.25, 0.3) is 10.8 Å². The van der Waals surface area contributed by atoms with Crippen molar-refractivity contribution in [2.24, 2.45) is 16.2 Å². The predicted molar refractivity (Wildman–Crippen MR) is 92.8 cm³/mol. The Morgan fingerprint density at radius 2 is 1.71 bits per heavy atom. The molecule has 0 saturated heterocycles. The number of carbonyl (C=O) groups excluding carboxylic acids is 2. The molecule has 2 aromatic rings. The molecule has 0 amide bonds. The lowest BCUT2D eigenvalue weighted by atomic mass is 9.65. The van der Waals surface area contributed by atoms with Gasteiger partial charge in [0.1, 0.15) is 11.5 Å². The average Bonchev–Trinajstić information content (AvgIpc) is 2.85. The van der Waals surface area contributed by atoms with Crippen molar-refractivity contribution >= 4 is 22.5 Å². The summed E-state index contributed by atoms with van der Waals surface area (Å²) in [5.74, 6) is 0.503. The molecular formula is C21H22O3. The summed E-state index contributed by atoms with van der Waals surface area (Å²) in [6.45, 7) is 6.10. The van der Waals surface area contributed by atoms with Crippen LogP contribution in [0.15, 0.2) is 42.5 Å². The molecule has 2 aromatic carbocycles. The minimum absolute atomic E-state index is 0.203. The summed E-state index contributed by atoms with van der Waals surface area (Å²) in [5.41, 5.74) is -1.47. The van der Waals surface area contributed by atoms with Gasteiger partial charge in [-0.15, -0.1) is 0 Å². The molecule has 2 atom stereocenters. The molecule has 2 bridgehead atoms. The smallest absolute Gasteiger partial charge is 0.318 e. The summed E-state index contributed by atoms with van der Waals surface area (Å²) < 4.78 is 5.77. The number of hydrogen-bond acceptors (Lipinski definition) is 3. The van der Waals surface area contributed by atoms with Crippen LogP contribution in [-0.4, -0.2) is 11.8 Å². The highest BCUT2D eigenvalue weighted by atomic mass is 16.5. The Kier molecular flexibility index (Phi) is 3.00. The SMILES string of the molecule is CC1(C)[C@]2(C(=O)Oc3ccc4ccccc4c3)CC[C@@]1(C)C(=O)C2. The first kappa shape index (κ1) is 15.4. The summed E-state index contributed by atoms with van der Waals surface area (Å²) in [7, 11) is 0. The molecule has 4 rings (SSSR count). The van der Waals surface area contributed by atoms with Crippen molar-refractivity contribution in [1.82, 2.24) is 0 Å². The lowest BCUT2D eigenvalue weighted by molar-refractivity contribution is -0.151. The Balaban J connectivity index is 1.68. The van der Waals surface area contributed by atoms with E-state index in [0.29, 0.717) is 12.2 Å². The van der Waals surface area contributed by atoms with E-state index in [4.69, 9.17) is 4.74 Å². The Bertz CT molecular complexity index is 866. The molecule has 124 valence electrons. The fraction of sp³-hybridized carbons (Fsp3) is 0.429. The fourth-order valence-electron chi connectivity index (χ4n) is 4.75. The van der Waals surface area contributed by atoms with Crippen molar-refractivity contribution in [2.75, 3.05) is 0 Å². The van der Waals surface area contributed by atoms with Crippen molar-refractivity contribution < 1.29 is 14.3 Å². The highest BCUT2D eigenvalue weighted by molar-refractivity contribution is 5.98. The molecule has 24 heavy (non-hydrogen) atoms. The maximum Gasteiger partial charge on any atom is 0.318 e. The summed E-state index contributed by atoms with van der Waals surface area (Å²) in [6.07, 6.45) is 1.81. The highest BCUT2D eigenvalue weighted by Gasteiger charge is 2.73. The normalized spacial score (nSPS) is 30.7. The first-order valence-electron chi connectivity index (χ1n) is 8.55. The van der Waals surface area contributed by atoms with E-state index >= 15 is 0 Å². The molecule has 3 nitrogen and oxygen atoms in total. The summed E-state index contributed by atoms with van der Waals surface area (Å²) in [5, 5.41) is 2.15. The molecule has 0 spiro atoms. The van der Waals surface area contributed by atoms with E-state index in [9.17, 15) is 9.59 Å². The van der Waals surface area contributed by atoms with Gasteiger partial charge < -0.3 is 4.74 Å². The summed E-state index contributed by atoms with van der Waals surface area (Å²) >= 11 is 0. The number of Topliss-reactive ketones (excluding diaryl/α,β-unsaturated/α-hetero) is 1. The molecule has 0 aromatic heterocycles. The van der Waals surface area contributed by atoms with Crippen molar-refractivity contribution in [1.29, 1.82) is 0 Å². The van der Waals surface area contributed by atoms with Gasteiger partial charge >= 0.3 is 5.97 Å². The third-order valence-electron chi connectivity index (χ3n) is 7.03. The molecule has 0 N–H and O–H groups in total. The van der Waals surface area contributed by atoms with Crippen LogP contribution in [0.1, 0.15) is 40.0 Å². The van der Waals surface area contributed by atoms with Gasteiger partial charge in [0, 0.05) is 11.8 Å². The summed E-state index contributed by atoms with van der Waals surface area (Å²) in [4.78, 5) is 25.6. The fourth-order valence-corrected chi connectivity index (χ4v) is 4.75. The van der Waals surface area contributed by atoms with Crippen molar-refractivity contribution in [2.45, 2.75) is 40.0 Å². The second-order valence-electron chi connectivity index (χ2n) is 8.04. The molecule has 3 heteroatoms. The minimum atomic E-state index is -0.690. The summed E-state index contributed by atoms with van der Waals surface area (Å²) in [6, 6.07) is 13.7. The van der Waals surface area contributed by atoms with E-state index in [2.05, 4.69) is 0 Å². The van der Waals surface area contributed by atoms with Gasteiger partial charge in [0.2, 0.25) is 0 Å². The van der Waals surface area contributed by atoms with E-state index in [-0.39, 0.29) is 17.2 Å². The zero-order valence-corrected chi connectivity index (χ0v) is 14.4. The Morgan fingerprint density at radius 3 is 2.33 bits per heavy atom. The molecule has 0 heterocycles. The highest BCUT2D eigenvalue weighted by Crippen LogP contribution is 2.70. The molecule has 2 saturated carbocycles. The van der Waals surface area contributed by atoms with E-state index in [1.54, 1.807) is 0 Å². The third kappa shape index (κ3) is 1.73. The number of fused-ring (bicyclic) bond motifs is 3. The van der Waals surface area contributed by atoms with Gasteiger partial charge in [-0.2, -0.15) is 0 Å². The van der Waals surface area contributed by atoms with Crippen molar-refractivity contribution in [3.05, 3.63) is 42.5 Å². The standard InChI is InChI=1S/C21H22O3/c1-19(2)20(3)10-11-21(19,13-17(20)22)18(23)24-16-9-8-14-6-4-5-7-15(14)12-16/h4-9,12H,10-11,13H2,1-3H3/t20-,21+/m0/s1. The van der Waals surface area contributed by atoms with Crippen LogP contribution >= 0.6 is 0 Å². The van der Waals surface area contributed by atoms with Crippen LogP contribution in [0, 0.1) is 16.2 Å². The number of benzene rings is 2. The van der Waals surface area contributed by atoms with Crippen molar-refractivity contribution in [3.63, 3.8) is 0 Å². The second kappa shape index (κ2) is 4.69. The lowest BCUT2D eigenvalue weighted by Gasteiger charge is -2.37. The van der Waals surface area contributed by atoms with Crippen LogP contribution in [0.3, 0.4) is 0 Å². The monoisotopic (exact) mass is 322 g/mol. The molecular weight excluding hydrogens is 300 g/mol. The van der Waals surface area contributed by atoms with Crippen LogP contribution < -0.4 is 4.74 Å². The molecule has 2 fully saturated rings. The Hall–Kier alpha value is -2.16. The zero-order valence-electron chi connectivity index (χ0n) is 14.4. The number of rotatable bonds is 2. The van der Waals surface area contributed by atoms with Gasteiger partial charge in [0.25, 0.3) is 0 Å². The van der Waals surface area contributed by atoms with Gasteiger partial charge in [-0.25, -0.2) is 0 Å². The van der Waals surface area contributed by atoms with Crippen LogP contribution in [0.2, 0.25) is 0 Å². The number of hydrogen-bond donors (Lipinski definition) is 0. The quantitative estimate of drug-likeness (QED) is 0.602. The van der Waals surface area contributed by atoms with E-state index < -0.39 is 10.8 Å². The maximum atomic E-state index is 13.1. The van der Waals surface area contributed by atoms with Gasteiger partial charge in [-0.3, -0.25) is 9.59 Å². The number of ether oxygens (including phenoxy) is 1. The third-order valence-corrected chi connectivity index (χ3v) is 7.03. The van der Waals surface area contributed by atoms with Crippen molar-refractivity contribution in [3.8, 4) is 5.75 Å². The first-order chi connectivity index (χ1) is 11.3. The van der Waals surface area contributed by atoms with Crippen LogP contribution in [-0.2, 0) is 9.59 Å². The number of esters is 1. The van der Waals surface area contributed by atoms with E-state index in [1.807, 2.05) is 63.2 Å². The van der Waals surface area contributed by atoms with Gasteiger partial charge in [0.05, 0.1) is 5.41 Å². The average molecular weight is 322 g/mol. The zero-order chi connectivity index (χ0) is 17.2. The maximum absolute atomic E-state index is 13.1. The predicted octanol–water partition coefficient (Wildman–Crippen LogP) is 4.53.